The van der Waals surface area contributed by atoms with Gasteiger partial charge in [0.1, 0.15) is 0 Å². The van der Waals surface area contributed by atoms with Gasteiger partial charge < -0.3 is 11.1 Å². The van der Waals surface area contributed by atoms with E-state index in [0.29, 0.717) is 22.0 Å². The Hall–Kier alpha value is -2.00. The topological polar surface area (TPSA) is 55.1 Å². The first-order valence-corrected chi connectivity index (χ1v) is 7.13. The van der Waals surface area contributed by atoms with Crippen LogP contribution in [0.2, 0.25) is 5.02 Å². The van der Waals surface area contributed by atoms with Crippen LogP contribution in [-0.2, 0) is 5.41 Å². The lowest BCUT2D eigenvalue weighted by Crippen LogP contribution is -2.21. The molecule has 0 aliphatic carbocycles. The highest BCUT2D eigenvalue weighted by molar-refractivity contribution is 6.34. The van der Waals surface area contributed by atoms with Crippen molar-refractivity contribution in [1.82, 2.24) is 0 Å². The maximum atomic E-state index is 12.5. The summed E-state index contributed by atoms with van der Waals surface area (Å²) in [5.41, 5.74) is 8.32. The Kier molecular flexibility index (Phi) is 4.24. The van der Waals surface area contributed by atoms with E-state index in [-0.39, 0.29) is 11.3 Å². The first-order chi connectivity index (χ1) is 9.79. The van der Waals surface area contributed by atoms with Crippen molar-refractivity contribution >= 4 is 28.9 Å². The normalized spacial score (nSPS) is 11.2. The lowest BCUT2D eigenvalue weighted by atomic mass is 9.83. The van der Waals surface area contributed by atoms with Crippen LogP contribution in [0.25, 0.3) is 0 Å². The van der Waals surface area contributed by atoms with Gasteiger partial charge in [-0.1, -0.05) is 50.6 Å². The van der Waals surface area contributed by atoms with E-state index in [4.69, 9.17) is 17.3 Å². The van der Waals surface area contributed by atoms with Crippen LogP contribution in [0.3, 0.4) is 0 Å². The molecule has 2 aromatic carbocycles. The second kappa shape index (κ2) is 5.78. The SMILES string of the molecule is CC(C)(C)c1ccccc1C(=O)Nc1cc(N)ccc1Cl. The van der Waals surface area contributed by atoms with Gasteiger partial charge in [0.2, 0.25) is 0 Å². The molecule has 110 valence electrons. The Labute approximate surface area is 130 Å². The summed E-state index contributed by atoms with van der Waals surface area (Å²) in [7, 11) is 0. The molecule has 0 aromatic heterocycles. The minimum atomic E-state index is -0.187. The molecule has 3 N–H and O–H groups in total. The van der Waals surface area contributed by atoms with Crippen molar-refractivity contribution in [2.45, 2.75) is 26.2 Å². The van der Waals surface area contributed by atoms with Gasteiger partial charge in [-0.15, -0.1) is 0 Å². The molecule has 2 rings (SSSR count). The predicted octanol–water partition coefficient (Wildman–Crippen LogP) is 4.47. The summed E-state index contributed by atoms with van der Waals surface area (Å²) in [5.74, 6) is -0.187. The summed E-state index contributed by atoms with van der Waals surface area (Å²) in [6.07, 6.45) is 0. The summed E-state index contributed by atoms with van der Waals surface area (Å²) in [6.45, 7) is 6.23. The number of hydrogen-bond donors (Lipinski definition) is 2. The quantitative estimate of drug-likeness (QED) is 0.804. The van der Waals surface area contributed by atoms with Crippen molar-refractivity contribution in [2.24, 2.45) is 0 Å². The Bertz CT molecular complexity index is 675. The standard InChI is InChI=1S/C17H19ClN2O/c1-17(2,3)13-7-5-4-6-12(13)16(21)20-15-10-11(19)8-9-14(15)18/h4-10H,19H2,1-3H3,(H,20,21). The third-order valence-electron chi connectivity index (χ3n) is 3.22. The third kappa shape index (κ3) is 3.56. The lowest BCUT2D eigenvalue weighted by Gasteiger charge is -2.22. The van der Waals surface area contributed by atoms with Crippen molar-refractivity contribution in [3.63, 3.8) is 0 Å². The molecule has 2 aromatic rings. The molecule has 0 saturated heterocycles. The van der Waals surface area contributed by atoms with Gasteiger partial charge in [-0.2, -0.15) is 0 Å². The molecule has 0 bridgehead atoms. The van der Waals surface area contributed by atoms with E-state index in [1.165, 1.54) is 0 Å². The number of anilines is 2. The Morgan fingerprint density at radius 2 is 1.81 bits per heavy atom. The van der Waals surface area contributed by atoms with Gasteiger partial charge in [0.15, 0.2) is 0 Å². The zero-order chi connectivity index (χ0) is 15.6. The summed E-state index contributed by atoms with van der Waals surface area (Å²) in [6, 6.07) is 12.6. The molecular formula is C17H19ClN2O. The smallest absolute Gasteiger partial charge is 0.256 e. The highest BCUT2D eigenvalue weighted by atomic mass is 35.5. The number of nitrogen functional groups attached to an aromatic ring is 1. The molecule has 3 nitrogen and oxygen atoms in total. The molecule has 0 radical (unpaired) electrons. The molecule has 0 atom stereocenters. The third-order valence-corrected chi connectivity index (χ3v) is 3.55. The van der Waals surface area contributed by atoms with Crippen LogP contribution in [0.5, 0.6) is 0 Å². The number of amides is 1. The number of rotatable bonds is 2. The summed E-state index contributed by atoms with van der Waals surface area (Å²) in [4.78, 5) is 12.5. The van der Waals surface area contributed by atoms with Crippen LogP contribution < -0.4 is 11.1 Å². The van der Waals surface area contributed by atoms with Crippen molar-refractivity contribution in [3.05, 3.63) is 58.6 Å². The number of carbonyl (C=O) groups excluding carboxylic acids is 1. The minimum Gasteiger partial charge on any atom is -0.399 e. The van der Waals surface area contributed by atoms with Crippen LogP contribution >= 0.6 is 11.6 Å². The van der Waals surface area contributed by atoms with Gasteiger partial charge in [0.25, 0.3) is 5.91 Å². The molecule has 0 saturated carbocycles. The Morgan fingerprint density at radius 3 is 2.48 bits per heavy atom. The zero-order valence-corrected chi connectivity index (χ0v) is 13.2. The van der Waals surface area contributed by atoms with Crippen LogP contribution in [0.15, 0.2) is 42.5 Å². The first-order valence-electron chi connectivity index (χ1n) is 6.75. The average molecular weight is 303 g/mol. The number of nitrogens with one attached hydrogen (secondary N) is 1. The van der Waals surface area contributed by atoms with E-state index < -0.39 is 0 Å². The monoisotopic (exact) mass is 302 g/mol. The molecule has 0 spiro atoms. The first kappa shape index (κ1) is 15.4. The van der Waals surface area contributed by atoms with Crippen molar-refractivity contribution in [2.75, 3.05) is 11.1 Å². The molecule has 0 aliphatic rings. The van der Waals surface area contributed by atoms with E-state index in [1.807, 2.05) is 24.3 Å². The second-order valence-corrected chi connectivity index (χ2v) is 6.40. The Balaban J connectivity index is 2.36. The lowest BCUT2D eigenvalue weighted by molar-refractivity contribution is 0.102. The number of halogens is 1. The molecule has 0 unspecified atom stereocenters. The van der Waals surface area contributed by atoms with E-state index in [9.17, 15) is 4.79 Å². The van der Waals surface area contributed by atoms with Gasteiger partial charge in [-0.3, -0.25) is 4.79 Å². The molecular weight excluding hydrogens is 284 g/mol. The zero-order valence-electron chi connectivity index (χ0n) is 12.4. The molecule has 4 heteroatoms. The highest BCUT2D eigenvalue weighted by Gasteiger charge is 2.21. The summed E-state index contributed by atoms with van der Waals surface area (Å²) in [5, 5.41) is 3.29. The van der Waals surface area contributed by atoms with Crippen LogP contribution in [0.4, 0.5) is 11.4 Å². The summed E-state index contributed by atoms with van der Waals surface area (Å²) >= 11 is 6.09. The van der Waals surface area contributed by atoms with Crippen LogP contribution in [-0.4, -0.2) is 5.91 Å². The number of benzene rings is 2. The van der Waals surface area contributed by atoms with E-state index >= 15 is 0 Å². The number of carbonyl (C=O) groups is 1. The highest BCUT2D eigenvalue weighted by Crippen LogP contribution is 2.28. The number of hydrogen-bond acceptors (Lipinski definition) is 2. The van der Waals surface area contributed by atoms with E-state index in [2.05, 4.69) is 26.1 Å². The van der Waals surface area contributed by atoms with Gasteiger partial charge in [-0.05, 0) is 35.2 Å². The van der Waals surface area contributed by atoms with Crippen LogP contribution in [0, 0.1) is 0 Å². The Morgan fingerprint density at radius 1 is 1.14 bits per heavy atom. The number of nitrogens with two attached hydrogens (primary N) is 1. The van der Waals surface area contributed by atoms with Gasteiger partial charge in [-0.25, -0.2) is 0 Å². The fraction of sp³-hybridized carbons (Fsp3) is 0.235. The molecule has 1 amide bonds. The van der Waals surface area contributed by atoms with E-state index in [0.717, 1.165) is 5.56 Å². The van der Waals surface area contributed by atoms with Crippen molar-refractivity contribution in [1.29, 1.82) is 0 Å². The summed E-state index contributed by atoms with van der Waals surface area (Å²) < 4.78 is 0. The fourth-order valence-electron chi connectivity index (χ4n) is 2.16. The molecule has 0 fully saturated rings. The maximum absolute atomic E-state index is 12.5. The maximum Gasteiger partial charge on any atom is 0.256 e. The van der Waals surface area contributed by atoms with Gasteiger partial charge in [0.05, 0.1) is 10.7 Å². The van der Waals surface area contributed by atoms with Crippen LogP contribution in [0.1, 0.15) is 36.7 Å². The average Bonchev–Trinajstić information content (AvgIpc) is 2.42. The molecule has 0 aliphatic heterocycles. The van der Waals surface area contributed by atoms with Gasteiger partial charge >= 0.3 is 0 Å². The molecule has 0 heterocycles. The van der Waals surface area contributed by atoms with E-state index in [1.54, 1.807) is 18.2 Å². The van der Waals surface area contributed by atoms with Crippen molar-refractivity contribution < 1.29 is 4.79 Å². The largest absolute Gasteiger partial charge is 0.399 e. The molecule has 21 heavy (non-hydrogen) atoms. The minimum absolute atomic E-state index is 0.118. The van der Waals surface area contributed by atoms with Gasteiger partial charge in [0, 0.05) is 11.3 Å². The second-order valence-electron chi connectivity index (χ2n) is 5.99. The van der Waals surface area contributed by atoms with Crippen molar-refractivity contribution in [3.8, 4) is 0 Å². The predicted molar refractivity (Wildman–Crippen MR) is 89.0 cm³/mol. The fourth-order valence-corrected chi connectivity index (χ4v) is 2.33.